The Morgan fingerprint density at radius 2 is 1.86 bits per heavy atom. The summed E-state index contributed by atoms with van der Waals surface area (Å²) in [5.74, 6) is -1.53. The normalized spacial score (nSPS) is 10.3. The summed E-state index contributed by atoms with van der Waals surface area (Å²) in [6, 6.07) is 12.8. The van der Waals surface area contributed by atoms with Crippen LogP contribution in [-0.2, 0) is 11.2 Å². The molecule has 22 heavy (non-hydrogen) atoms. The average molecular weight is 305 g/mol. The molecule has 1 amide bonds. The van der Waals surface area contributed by atoms with Gasteiger partial charge in [-0.05, 0) is 24.1 Å². The Bertz CT molecular complexity index is 617. The Morgan fingerprint density at radius 1 is 1.09 bits per heavy atom. The van der Waals surface area contributed by atoms with Crippen LogP contribution in [0.3, 0.4) is 0 Å². The summed E-state index contributed by atoms with van der Waals surface area (Å²) >= 11 is 0. The van der Waals surface area contributed by atoms with Crippen LogP contribution in [0.4, 0.5) is 8.78 Å². The molecular formula is C17H17F2NO2. The Kier molecular flexibility index (Phi) is 5.89. The summed E-state index contributed by atoms with van der Waals surface area (Å²) < 4.78 is 31.2. The van der Waals surface area contributed by atoms with Crippen LogP contribution in [0.15, 0.2) is 48.5 Å². The number of halogens is 2. The maximum atomic E-state index is 13.3. The van der Waals surface area contributed by atoms with Gasteiger partial charge in [0.2, 0.25) is 5.91 Å². The SMILES string of the molecule is O=C(CCc1ccccc1)NCCOc1ccc(F)cc1F. The second kappa shape index (κ2) is 8.12. The fourth-order valence-electron chi connectivity index (χ4n) is 1.93. The van der Waals surface area contributed by atoms with Gasteiger partial charge in [0.1, 0.15) is 12.4 Å². The molecule has 116 valence electrons. The van der Waals surface area contributed by atoms with Gasteiger partial charge in [-0.1, -0.05) is 30.3 Å². The minimum Gasteiger partial charge on any atom is -0.489 e. The molecule has 0 fully saturated rings. The molecule has 5 heteroatoms. The van der Waals surface area contributed by atoms with Crippen molar-refractivity contribution in [2.75, 3.05) is 13.2 Å². The van der Waals surface area contributed by atoms with E-state index in [1.807, 2.05) is 30.3 Å². The van der Waals surface area contributed by atoms with E-state index in [-0.39, 0.29) is 24.8 Å². The molecule has 2 aromatic rings. The van der Waals surface area contributed by atoms with Crippen LogP contribution in [-0.4, -0.2) is 19.1 Å². The van der Waals surface area contributed by atoms with E-state index >= 15 is 0 Å². The quantitative estimate of drug-likeness (QED) is 0.798. The minimum atomic E-state index is -0.754. The zero-order chi connectivity index (χ0) is 15.8. The molecule has 0 radical (unpaired) electrons. The molecule has 3 nitrogen and oxygen atoms in total. The van der Waals surface area contributed by atoms with Crippen molar-refractivity contribution in [2.45, 2.75) is 12.8 Å². The first-order valence-electron chi connectivity index (χ1n) is 7.03. The summed E-state index contributed by atoms with van der Waals surface area (Å²) in [6.45, 7) is 0.393. The van der Waals surface area contributed by atoms with Crippen LogP contribution in [0.1, 0.15) is 12.0 Å². The Balaban J connectivity index is 1.65. The van der Waals surface area contributed by atoms with Crippen LogP contribution >= 0.6 is 0 Å². The Morgan fingerprint density at radius 3 is 2.59 bits per heavy atom. The fourth-order valence-corrected chi connectivity index (χ4v) is 1.93. The van der Waals surface area contributed by atoms with Crippen molar-refractivity contribution in [3.05, 3.63) is 65.7 Å². The van der Waals surface area contributed by atoms with Gasteiger partial charge in [0.05, 0.1) is 6.54 Å². The molecule has 0 aliphatic heterocycles. The summed E-state index contributed by atoms with van der Waals surface area (Å²) in [7, 11) is 0. The van der Waals surface area contributed by atoms with Crippen LogP contribution in [0.2, 0.25) is 0 Å². The van der Waals surface area contributed by atoms with Crippen molar-refractivity contribution in [1.82, 2.24) is 5.32 Å². The first-order chi connectivity index (χ1) is 10.6. The number of carbonyl (C=O) groups excluding carboxylic acids is 1. The lowest BCUT2D eigenvalue weighted by Crippen LogP contribution is -2.28. The van der Waals surface area contributed by atoms with Crippen LogP contribution in [0.25, 0.3) is 0 Å². The molecule has 0 aromatic heterocycles. The van der Waals surface area contributed by atoms with Gasteiger partial charge < -0.3 is 10.1 Å². The molecular weight excluding hydrogens is 288 g/mol. The number of hydrogen-bond donors (Lipinski definition) is 1. The Hall–Kier alpha value is -2.43. The molecule has 0 saturated carbocycles. The van der Waals surface area contributed by atoms with Crippen molar-refractivity contribution in [1.29, 1.82) is 0 Å². The standard InChI is InChI=1S/C17H17F2NO2/c18-14-7-8-16(15(19)12-14)22-11-10-20-17(21)9-6-13-4-2-1-3-5-13/h1-5,7-8,12H,6,9-11H2,(H,20,21). The molecule has 0 bridgehead atoms. The van der Waals surface area contributed by atoms with Gasteiger partial charge in [-0.25, -0.2) is 8.78 Å². The van der Waals surface area contributed by atoms with Gasteiger partial charge in [0, 0.05) is 12.5 Å². The number of amides is 1. The van der Waals surface area contributed by atoms with Crippen LogP contribution in [0, 0.1) is 11.6 Å². The van der Waals surface area contributed by atoms with E-state index < -0.39 is 11.6 Å². The first-order valence-corrected chi connectivity index (χ1v) is 7.03. The number of rotatable bonds is 7. The molecule has 0 unspecified atom stereocenters. The van der Waals surface area contributed by atoms with Gasteiger partial charge in [-0.2, -0.15) is 0 Å². The molecule has 0 atom stereocenters. The fraction of sp³-hybridized carbons (Fsp3) is 0.235. The monoisotopic (exact) mass is 305 g/mol. The highest BCUT2D eigenvalue weighted by Crippen LogP contribution is 2.17. The van der Waals surface area contributed by atoms with Crippen molar-refractivity contribution < 1.29 is 18.3 Å². The number of benzene rings is 2. The lowest BCUT2D eigenvalue weighted by molar-refractivity contribution is -0.121. The van der Waals surface area contributed by atoms with E-state index in [1.165, 1.54) is 6.07 Å². The molecule has 2 aromatic carbocycles. The Labute approximate surface area is 127 Å². The zero-order valence-corrected chi connectivity index (χ0v) is 12.0. The number of nitrogens with one attached hydrogen (secondary N) is 1. The third-order valence-electron chi connectivity index (χ3n) is 3.06. The molecule has 2 rings (SSSR count). The highest BCUT2D eigenvalue weighted by molar-refractivity contribution is 5.76. The summed E-state index contributed by atoms with van der Waals surface area (Å²) in [5.41, 5.74) is 1.10. The smallest absolute Gasteiger partial charge is 0.220 e. The van der Waals surface area contributed by atoms with Crippen molar-refractivity contribution in [3.63, 3.8) is 0 Å². The van der Waals surface area contributed by atoms with Crippen molar-refractivity contribution >= 4 is 5.91 Å². The van der Waals surface area contributed by atoms with E-state index in [4.69, 9.17) is 4.74 Å². The molecule has 0 aliphatic carbocycles. The summed E-state index contributed by atoms with van der Waals surface area (Å²) in [4.78, 5) is 11.6. The number of ether oxygens (including phenoxy) is 1. The van der Waals surface area contributed by atoms with E-state index in [1.54, 1.807) is 0 Å². The van der Waals surface area contributed by atoms with E-state index in [0.29, 0.717) is 12.8 Å². The number of aryl methyl sites for hydroxylation is 1. The average Bonchev–Trinajstić information content (AvgIpc) is 2.52. The molecule has 0 heterocycles. The topological polar surface area (TPSA) is 38.3 Å². The molecule has 0 spiro atoms. The van der Waals surface area contributed by atoms with Gasteiger partial charge in [-0.15, -0.1) is 0 Å². The third kappa shape index (κ3) is 5.16. The predicted molar refractivity (Wildman–Crippen MR) is 79.6 cm³/mol. The predicted octanol–water partition coefficient (Wildman–Crippen LogP) is 3.09. The second-order valence-corrected chi connectivity index (χ2v) is 4.76. The maximum absolute atomic E-state index is 13.3. The molecule has 0 saturated heterocycles. The molecule has 1 N–H and O–H groups in total. The first kappa shape index (κ1) is 15.9. The number of hydrogen-bond acceptors (Lipinski definition) is 2. The lowest BCUT2D eigenvalue weighted by Gasteiger charge is -2.08. The largest absolute Gasteiger partial charge is 0.489 e. The third-order valence-corrected chi connectivity index (χ3v) is 3.06. The van der Waals surface area contributed by atoms with Crippen LogP contribution in [0.5, 0.6) is 5.75 Å². The van der Waals surface area contributed by atoms with Gasteiger partial charge in [0.15, 0.2) is 11.6 Å². The second-order valence-electron chi connectivity index (χ2n) is 4.76. The van der Waals surface area contributed by atoms with Crippen molar-refractivity contribution in [2.24, 2.45) is 0 Å². The maximum Gasteiger partial charge on any atom is 0.220 e. The number of carbonyl (C=O) groups is 1. The van der Waals surface area contributed by atoms with E-state index in [0.717, 1.165) is 17.7 Å². The van der Waals surface area contributed by atoms with Crippen LogP contribution < -0.4 is 10.1 Å². The van der Waals surface area contributed by atoms with Gasteiger partial charge >= 0.3 is 0 Å². The van der Waals surface area contributed by atoms with E-state index in [9.17, 15) is 13.6 Å². The zero-order valence-electron chi connectivity index (χ0n) is 12.0. The summed E-state index contributed by atoms with van der Waals surface area (Å²) in [5, 5.41) is 2.69. The van der Waals surface area contributed by atoms with Gasteiger partial charge in [0.25, 0.3) is 0 Å². The van der Waals surface area contributed by atoms with Crippen molar-refractivity contribution in [3.8, 4) is 5.75 Å². The highest BCUT2D eigenvalue weighted by atomic mass is 19.1. The van der Waals surface area contributed by atoms with Gasteiger partial charge in [-0.3, -0.25) is 4.79 Å². The lowest BCUT2D eigenvalue weighted by atomic mass is 10.1. The summed E-state index contributed by atoms with van der Waals surface area (Å²) in [6.07, 6.45) is 1.05. The highest BCUT2D eigenvalue weighted by Gasteiger charge is 2.05. The minimum absolute atomic E-state index is 0.0278. The molecule has 0 aliphatic rings. The van der Waals surface area contributed by atoms with E-state index in [2.05, 4.69) is 5.32 Å².